The molecule has 0 radical (unpaired) electrons. The summed E-state index contributed by atoms with van der Waals surface area (Å²) >= 11 is 1.81. The van der Waals surface area contributed by atoms with Crippen molar-refractivity contribution in [3.8, 4) is 0 Å². The number of piperidine rings is 1. The number of hydrogen-bond donors (Lipinski definition) is 2. The maximum absolute atomic E-state index is 9.57. The average molecular weight is 255 g/mol. The zero-order valence-corrected chi connectivity index (χ0v) is 10.9. The lowest BCUT2D eigenvalue weighted by Gasteiger charge is -2.36. The first kappa shape index (κ1) is 13.0. The predicted molar refractivity (Wildman–Crippen MR) is 70.3 cm³/mol. The summed E-state index contributed by atoms with van der Waals surface area (Å²) in [6.45, 7) is 2.10. The van der Waals surface area contributed by atoms with E-state index in [0.29, 0.717) is 0 Å². The third kappa shape index (κ3) is 3.78. The lowest BCUT2D eigenvalue weighted by molar-refractivity contribution is 0.0167. The Morgan fingerprint density at radius 1 is 1.47 bits per heavy atom. The minimum atomic E-state index is -0.222. The molecule has 3 nitrogen and oxygen atoms in total. The normalized spacial score (nSPS) is 26.2. The fourth-order valence-corrected chi connectivity index (χ4v) is 3.23. The minimum absolute atomic E-state index is 0.155. The van der Waals surface area contributed by atoms with Gasteiger partial charge in [0, 0.05) is 17.5 Å². The van der Waals surface area contributed by atoms with E-state index in [1.807, 2.05) is 11.3 Å². The highest BCUT2D eigenvalue weighted by atomic mass is 32.1. The van der Waals surface area contributed by atoms with Gasteiger partial charge in [-0.15, -0.1) is 11.3 Å². The number of thiophene rings is 1. The van der Waals surface area contributed by atoms with Crippen LogP contribution in [0.15, 0.2) is 17.5 Å². The van der Waals surface area contributed by atoms with Crippen LogP contribution >= 0.6 is 11.3 Å². The van der Waals surface area contributed by atoms with Gasteiger partial charge in [-0.2, -0.15) is 0 Å². The van der Waals surface area contributed by atoms with Crippen LogP contribution in [0.2, 0.25) is 0 Å². The van der Waals surface area contributed by atoms with Crippen molar-refractivity contribution in [2.24, 2.45) is 0 Å². The highest BCUT2D eigenvalue weighted by Gasteiger charge is 2.26. The summed E-state index contributed by atoms with van der Waals surface area (Å²) in [4.78, 5) is 3.75. The van der Waals surface area contributed by atoms with Crippen molar-refractivity contribution in [3.05, 3.63) is 22.4 Å². The summed E-state index contributed by atoms with van der Waals surface area (Å²) in [5.41, 5.74) is 0. The standard InChI is InChI=1S/C13H21NO2S/c15-10-11-9-12(16)5-7-14(11)6-1-3-13-4-2-8-17-13/h2,4,8,11-12,15-16H,1,3,5-7,9-10H2. The molecule has 1 aromatic rings. The van der Waals surface area contributed by atoms with Crippen molar-refractivity contribution in [1.29, 1.82) is 0 Å². The van der Waals surface area contributed by atoms with Gasteiger partial charge in [-0.05, 0) is 43.7 Å². The van der Waals surface area contributed by atoms with E-state index in [9.17, 15) is 10.2 Å². The van der Waals surface area contributed by atoms with E-state index < -0.39 is 0 Å². The zero-order chi connectivity index (χ0) is 12.1. The van der Waals surface area contributed by atoms with Crippen molar-refractivity contribution in [1.82, 2.24) is 4.90 Å². The lowest BCUT2D eigenvalue weighted by atomic mass is 9.99. The minimum Gasteiger partial charge on any atom is -0.395 e. The number of aliphatic hydroxyl groups is 2. The van der Waals surface area contributed by atoms with Crippen LogP contribution in [0.5, 0.6) is 0 Å². The lowest BCUT2D eigenvalue weighted by Crippen LogP contribution is -2.46. The first-order valence-electron chi connectivity index (χ1n) is 6.35. The van der Waals surface area contributed by atoms with Crippen molar-refractivity contribution in [3.63, 3.8) is 0 Å². The Morgan fingerprint density at radius 3 is 3.06 bits per heavy atom. The molecule has 0 aliphatic carbocycles. The van der Waals surface area contributed by atoms with Crippen LogP contribution in [0, 0.1) is 0 Å². The van der Waals surface area contributed by atoms with Crippen LogP contribution in [0.4, 0.5) is 0 Å². The summed E-state index contributed by atoms with van der Waals surface area (Å²) in [7, 11) is 0. The van der Waals surface area contributed by atoms with Crippen LogP contribution in [-0.2, 0) is 6.42 Å². The zero-order valence-electron chi connectivity index (χ0n) is 10.1. The van der Waals surface area contributed by atoms with Gasteiger partial charge in [0.05, 0.1) is 12.7 Å². The largest absolute Gasteiger partial charge is 0.395 e. The van der Waals surface area contributed by atoms with E-state index in [0.717, 1.165) is 38.8 Å². The molecule has 0 spiro atoms. The van der Waals surface area contributed by atoms with Gasteiger partial charge in [0.2, 0.25) is 0 Å². The van der Waals surface area contributed by atoms with Crippen molar-refractivity contribution < 1.29 is 10.2 Å². The number of rotatable bonds is 5. The number of nitrogens with zero attached hydrogens (tertiary/aromatic N) is 1. The molecule has 0 amide bonds. The van der Waals surface area contributed by atoms with Crippen LogP contribution in [0.1, 0.15) is 24.1 Å². The second kappa shape index (κ2) is 6.50. The van der Waals surface area contributed by atoms with Gasteiger partial charge >= 0.3 is 0 Å². The van der Waals surface area contributed by atoms with E-state index in [1.54, 1.807) is 0 Å². The Labute approximate surface area is 107 Å². The molecule has 96 valence electrons. The molecule has 2 N–H and O–H groups in total. The Morgan fingerprint density at radius 2 is 2.35 bits per heavy atom. The molecule has 17 heavy (non-hydrogen) atoms. The molecule has 2 unspecified atom stereocenters. The van der Waals surface area contributed by atoms with Crippen LogP contribution in [0.25, 0.3) is 0 Å². The Kier molecular flexibility index (Phi) is 4.98. The average Bonchev–Trinajstić information content (AvgIpc) is 2.84. The molecule has 1 aliphatic heterocycles. The maximum Gasteiger partial charge on any atom is 0.0587 e. The molecule has 1 aliphatic rings. The predicted octanol–water partition coefficient (Wildman–Crippen LogP) is 1.50. The molecule has 4 heteroatoms. The number of aliphatic hydroxyl groups excluding tert-OH is 2. The van der Waals surface area contributed by atoms with Crippen molar-refractivity contribution in [2.45, 2.75) is 37.8 Å². The van der Waals surface area contributed by atoms with Gasteiger partial charge < -0.3 is 10.2 Å². The van der Waals surface area contributed by atoms with Crippen molar-refractivity contribution >= 4 is 11.3 Å². The quantitative estimate of drug-likeness (QED) is 0.838. The Balaban J connectivity index is 1.74. The molecular formula is C13H21NO2S. The summed E-state index contributed by atoms with van der Waals surface area (Å²) in [5.74, 6) is 0. The van der Waals surface area contributed by atoms with Crippen LogP contribution < -0.4 is 0 Å². The fourth-order valence-electron chi connectivity index (χ4n) is 2.47. The number of aryl methyl sites for hydroxylation is 1. The van der Waals surface area contributed by atoms with E-state index >= 15 is 0 Å². The van der Waals surface area contributed by atoms with Gasteiger partial charge in [0.15, 0.2) is 0 Å². The van der Waals surface area contributed by atoms with E-state index in [1.165, 1.54) is 4.88 Å². The molecule has 2 rings (SSSR count). The summed E-state index contributed by atoms with van der Waals surface area (Å²) in [6, 6.07) is 4.42. The van der Waals surface area contributed by atoms with Crippen molar-refractivity contribution in [2.75, 3.05) is 19.7 Å². The monoisotopic (exact) mass is 255 g/mol. The molecular weight excluding hydrogens is 234 g/mol. The molecule has 1 saturated heterocycles. The molecule has 0 bridgehead atoms. The SMILES string of the molecule is OCC1CC(O)CCN1CCCc1cccs1. The van der Waals surface area contributed by atoms with Crippen LogP contribution in [0.3, 0.4) is 0 Å². The van der Waals surface area contributed by atoms with E-state index in [2.05, 4.69) is 22.4 Å². The Hall–Kier alpha value is -0.420. The first-order valence-corrected chi connectivity index (χ1v) is 7.23. The molecule has 0 aromatic carbocycles. The fraction of sp³-hybridized carbons (Fsp3) is 0.692. The number of likely N-dealkylation sites (tertiary alicyclic amines) is 1. The third-order valence-corrected chi connectivity index (χ3v) is 4.41. The molecule has 1 aromatic heterocycles. The van der Waals surface area contributed by atoms with Gasteiger partial charge in [0.25, 0.3) is 0 Å². The third-order valence-electron chi connectivity index (χ3n) is 3.47. The molecule has 2 atom stereocenters. The summed E-state index contributed by atoms with van der Waals surface area (Å²) in [6.07, 6.45) is 3.59. The highest BCUT2D eigenvalue weighted by Crippen LogP contribution is 2.18. The molecule has 0 saturated carbocycles. The Bertz CT molecular complexity index is 315. The van der Waals surface area contributed by atoms with Gasteiger partial charge in [-0.1, -0.05) is 6.07 Å². The molecule has 2 heterocycles. The summed E-state index contributed by atoms with van der Waals surface area (Å²) in [5, 5.41) is 21.0. The maximum atomic E-state index is 9.57. The van der Waals surface area contributed by atoms with Gasteiger partial charge in [-0.3, -0.25) is 4.90 Å². The highest BCUT2D eigenvalue weighted by molar-refractivity contribution is 7.09. The second-order valence-corrected chi connectivity index (χ2v) is 5.77. The van der Waals surface area contributed by atoms with Gasteiger partial charge in [-0.25, -0.2) is 0 Å². The van der Waals surface area contributed by atoms with E-state index in [-0.39, 0.29) is 18.8 Å². The van der Waals surface area contributed by atoms with Gasteiger partial charge in [0.1, 0.15) is 0 Å². The number of hydrogen-bond acceptors (Lipinski definition) is 4. The topological polar surface area (TPSA) is 43.7 Å². The molecule has 1 fully saturated rings. The van der Waals surface area contributed by atoms with Crippen LogP contribution in [-0.4, -0.2) is 47.0 Å². The second-order valence-electron chi connectivity index (χ2n) is 4.73. The van der Waals surface area contributed by atoms with E-state index in [4.69, 9.17) is 0 Å². The summed E-state index contributed by atoms with van der Waals surface area (Å²) < 4.78 is 0. The first-order chi connectivity index (χ1) is 8.29. The smallest absolute Gasteiger partial charge is 0.0587 e.